The van der Waals surface area contributed by atoms with Crippen LogP contribution < -0.4 is 5.32 Å². The van der Waals surface area contributed by atoms with Crippen molar-refractivity contribution < 1.29 is 0 Å². The third-order valence-corrected chi connectivity index (χ3v) is 5.55. The van der Waals surface area contributed by atoms with E-state index >= 15 is 0 Å². The van der Waals surface area contributed by atoms with Crippen molar-refractivity contribution in [3.63, 3.8) is 0 Å². The van der Waals surface area contributed by atoms with Gasteiger partial charge in [-0.3, -0.25) is 4.90 Å². The van der Waals surface area contributed by atoms with Gasteiger partial charge in [0.1, 0.15) is 0 Å². The Morgan fingerprint density at radius 3 is 2.59 bits per heavy atom. The van der Waals surface area contributed by atoms with Crippen LogP contribution in [0.2, 0.25) is 0 Å². The van der Waals surface area contributed by atoms with Crippen molar-refractivity contribution in [3.05, 3.63) is 0 Å². The largest absolute Gasteiger partial charge is 0.308 e. The summed E-state index contributed by atoms with van der Waals surface area (Å²) in [4.78, 5) is 2.75. The van der Waals surface area contributed by atoms with E-state index in [-0.39, 0.29) is 0 Å². The second-order valence-electron chi connectivity index (χ2n) is 6.31. The predicted molar refractivity (Wildman–Crippen MR) is 77.8 cm³/mol. The minimum Gasteiger partial charge on any atom is -0.308 e. The van der Waals surface area contributed by atoms with Crippen LogP contribution >= 0.6 is 11.8 Å². The zero-order valence-electron chi connectivity index (χ0n) is 11.9. The first-order chi connectivity index (χ1) is 8.04. The molecule has 2 nitrogen and oxygen atoms in total. The summed E-state index contributed by atoms with van der Waals surface area (Å²) >= 11 is 1.97. The Hall–Kier alpha value is 0.270. The zero-order chi connectivity index (χ0) is 12.5. The highest BCUT2D eigenvalue weighted by Gasteiger charge is 2.48. The van der Waals surface area contributed by atoms with Crippen LogP contribution in [0.4, 0.5) is 0 Å². The molecule has 2 atom stereocenters. The molecule has 0 spiro atoms. The lowest BCUT2D eigenvalue weighted by atomic mass is 9.84. The van der Waals surface area contributed by atoms with E-state index in [0.29, 0.717) is 11.1 Å². The molecule has 1 aliphatic heterocycles. The van der Waals surface area contributed by atoms with E-state index < -0.39 is 0 Å². The Bertz CT molecular complexity index is 267. The van der Waals surface area contributed by atoms with Gasteiger partial charge in [0.2, 0.25) is 0 Å². The maximum atomic E-state index is 3.86. The standard InChI is InChI=1S/C14H28N2S/c1-5-13(2)10-15-14(3,12-6-7-12)11-16(13)8-9-17-4/h12,15H,5-11H2,1-4H3. The van der Waals surface area contributed by atoms with Gasteiger partial charge in [0.25, 0.3) is 0 Å². The molecule has 1 saturated heterocycles. The lowest BCUT2D eigenvalue weighted by molar-refractivity contribution is 0.0158. The minimum atomic E-state index is 0.365. The Labute approximate surface area is 111 Å². The van der Waals surface area contributed by atoms with Gasteiger partial charge >= 0.3 is 0 Å². The quantitative estimate of drug-likeness (QED) is 0.814. The summed E-state index contributed by atoms with van der Waals surface area (Å²) in [5, 5.41) is 3.86. The summed E-state index contributed by atoms with van der Waals surface area (Å²) in [6, 6.07) is 0. The molecule has 17 heavy (non-hydrogen) atoms. The zero-order valence-corrected chi connectivity index (χ0v) is 12.7. The summed E-state index contributed by atoms with van der Waals surface area (Å²) in [5.41, 5.74) is 0.747. The smallest absolute Gasteiger partial charge is 0.0309 e. The van der Waals surface area contributed by atoms with Gasteiger partial charge in [-0.2, -0.15) is 11.8 Å². The average molecular weight is 256 g/mol. The van der Waals surface area contributed by atoms with Crippen LogP contribution in [0.25, 0.3) is 0 Å². The highest BCUT2D eigenvalue weighted by Crippen LogP contribution is 2.42. The van der Waals surface area contributed by atoms with E-state index in [9.17, 15) is 0 Å². The molecule has 1 N–H and O–H groups in total. The molecular weight excluding hydrogens is 228 g/mol. The van der Waals surface area contributed by atoms with Crippen molar-refractivity contribution in [1.82, 2.24) is 10.2 Å². The van der Waals surface area contributed by atoms with Gasteiger partial charge in [0.05, 0.1) is 0 Å². The molecule has 0 aromatic carbocycles. The molecule has 2 unspecified atom stereocenters. The fourth-order valence-corrected chi connectivity index (χ4v) is 3.44. The SMILES string of the molecule is CCC1(C)CNC(C)(C2CC2)CN1CCSC. The molecule has 2 fully saturated rings. The van der Waals surface area contributed by atoms with E-state index in [1.165, 1.54) is 38.1 Å². The van der Waals surface area contributed by atoms with E-state index in [4.69, 9.17) is 0 Å². The maximum absolute atomic E-state index is 3.86. The van der Waals surface area contributed by atoms with Gasteiger partial charge in [-0.1, -0.05) is 6.92 Å². The summed E-state index contributed by atoms with van der Waals surface area (Å²) in [6.45, 7) is 10.8. The first-order valence-electron chi connectivity index (χ1n) is 7.03. The second kappa shape index (κ2) is 5.10. The van der Waals surface area contributed by atoms with E-state index in [0.717, 1.165) is 12.5 Å². The average Bonchev–Trinajstić information content (AvgIpc) is 3.15. The normalized spacial score (nSPS) is 39.5. The third-order valence-electron chi connectivity index (χ3n) is 4.96. The molecule has 0 radical (unpaired) electrons. The van der Waals surface area contributed by atoms with Crippen molar-refractivity contribution >= 4 is 11.8 Å². The Morgan fingerprint density at radius 2 is 2.06 bits per heavy atom. The van der Waals surface area contributed by atoms with Gasteiger partial charge in [0, 0.05) is 36.5 Å². The number of piperazine rings is 1. The van der Waals surface area contributed by atoms with Crippen LogP contribution in [0.15, 0.2) is 0 Å². The lowest BCUT2D eigenvalue weighted by Crippen LogP contribution is -2.69. The van der Waals surface area contributed by atoms with E-state index in [2.05, 4.69) is 37.2 Å². The summed E-state index contributed by atoms with van der Waals surface area (Å²) in [6.07, 6.45) is 6.33. The highest BCUT2D eigenvalue weighted by molar-refractivity contribution is 7.98. The van der Waals surface area contributed by atoms with Crippen LogP contribution in [0.5, 0.6) is 0 Å². The van der Waals surface area contributed by atoms with Crippen molar-refractivity contribution in [1.29, 1.82) is 0 Å². The fraction of sp³-hybridized carbons (Fsp3) is 1.00. The molecular formula is C14H28N2S. The van der Waals surface area contributed by atoms with Gasteiger partial charge in [-0.25, -0.2) is 0 Å². The number of nitrogens with one attached hydrogen (secondary N) is 1. The van der Waals surface area contributed by atoms with Crippen LogP contribution in [-0.2, 0) is 0 Å². The van der Waals surface area contributed by atoms with Crippen LogP contribution in [0, 0.1) is 5.92 Å². The van der Waals surface area contributed by atoms with E-state index in [1.807, 2.05) is 11.8 Å². The molecule has 100 valence electrons. The van der Waals surface area contributed by atoms with E-state index in [1.54, 1.807) is 0 Å². The number of hydrogen-bond acceptors (Lipinski definition) is 3. The molecule has 2 aliphatic rings. The number of thioether (sulfide) groups is 1. The first-order valence-corrected chi connectivity index (χ1v) is 8.42. The third kappa shape index (κ3) is 2.82. The van der Waals surface area contributed by atoms with Gasteiger partial charge in [0.15, 0.2) is 0 Å². The van der Waals surface area contributed by atoms with Crippen molar-refractivity contribution in [2.75, 3.05) is 31.6 Å². The monoisotopic (exact) mass is 256 g/mol. The molecule has 0 aromatic rings. The summed E-state index contributed by atoms with van der Waals surface area (Å²) in [7, 11) is 0. The molecule has 1 saturated carbocycles. The molecule has 0 amide bonds. The molecule has 1 aliphatic carbocycles. The number of nitrogens with zero attached hydrogens (tertiary/aromatic N) is 1. The molecule has 1 heterocycles. The molecule has 0 bridgehead atoms. The molecule has 3 heteroatoms. The minimum absolute atomic E-state index is 0.365. The molecule has 2 rings (SSSR count). The Kier molecular flexibility index (Phi) is 4.11. The van der Waals surface area contributed by atoms with Gasteiger partial charge < -0.3 is 5.32 Å². The number of rotatable bonds is 5. The summed E-state index contributed by atoms with van der Waals surface area (Å²) < 4.78 is 0. The van der Waals surface area contributed by atoms with Crippen LogP contribution in [0.1, 0.15) is 40.0 Å². The second-order valence-corrected chi connectivity index (χ2v) is 7.30. The Balaban J connectivity index is 2.04. The number of hydrogen-bond donors (Lipinski definition) is 1. The Morgan fingerprint density at radius 1 is 1.35 bits per heavy atom. The van der Waals surface area contributed by atoms with Crippen molar-refractivity contribution in [2.24, 2.45) is 5.92 Å². The highest BCUT2D eigenvalue weighted by atomic mass is 32.2. The fourth-order valence-electron chi connectivity index (χ4n) is 3.04. The van der Waals surface area contributed by atoms with Gasteiger partial charge in [-0.05, 0) is 45.3 Å². The molecule has 0 aromatic heterocycles. The van der Waals surface area contributed by atoms with Gasteiger partial charge in [-0.15, -0.1) is 0 Å². The lowest BCUT2D eigenvalue weighted by Gasteiger charge is -2.52. The topological polar surface area (TPSA) is 15.3 Å². The van der Waals surface area contributed by atoms with Crippen LogP contribution in [0.3, 0.4) is 0 Å². The first kappa shape index (κ1) is 13.7. The van der Waals surface area contributed by atoms with Crippen molar-refractivity contribution in [2.45, 2.75) is 51.1 Å². The summed E-state index contributed by atoms with van der Waals surface area (Å²) in [5.74, 6) is 2.19. The maximum Gasteiger partial charge on any atom is 0.0309 e. The van der Waals surface area contributed by atoms with Crippen LogP contribution in [-0.4, -0.2) is 47.6 Å². The van der Waals surface area contributed by atoms with Crippen molar-refractivity contribution in [3.8, 4) is 0 Å². The predicted octanol–water partition coefficient (Wildman–Crippen LogP) is 2.59.